The highest BCUT2D eigenvalue weighted by molar-refractivity contribution is 7.20. The van der Waals surface area contributed by atoms with E-state index in [4.69, 9.17) is 9.47 Å². The van der Waals surface area contributed by atoms with Crippen LogP contribution >= 0.6 is 11.3 Å². The Morgan fingerprint density at radius 2 is 2.00 bits per heavy atom. The summed E-state index contributed by atoms with van der Waals surface area (Å²) >= 11 is 1.36. The molecule has 0 bridgehead atoms. The van der Waals surface area contributed by atoms with Crippen LogP contribution in [0.25, 0.3) is 10.2 Å². The van der Waals surface area contributed by atoms with Gasteiger partial charge in [-0.05, 0) is 49.9 Å². The number of amides is 1. The molecule has 8 heteroatoms. The molecule has 0 aliphatic carbocycles. The number of thiophene rings is 1. The summed E-state index contributed by atoms with van der Waals surface area (Å²) in [5.41, 5.74) is 3.27. The number of aryl methyl sites for hydroxylation is 1. The summed E-state index contributed by atoms with van der Waals surface area (Å²) in [6.45, 7) is 7.06. The van der Waals surface area contributed by atoms with Crippen LogP contribution in [-0.4, -0.2) is 47.6 Å². The van der Waals surface area contributed by atoms with E-state index in [1.807, 2.05) is 13.0 Å². The lowest BCUT2D eigenvalue weighted by molar-refractivity contribution is 0.0954. The van der Waals surface area contributed by atoms with Crippen molar-refractivity contribution in [2.45, 2.75) is 58.8 Å². The number of fused-ring (bicyclic) bond motifs is 1. The number of hydrogen-bond donors (Lipinski definition) is 1. The van der Waals surface area contributed by atoms with Gasteiger partial charge in [-0.25, -0.2) is 4.98 Å². The summed E-state index contributed by atoms with van der Waals surface area (Å²) in [5.74, 6) is 0.906. The molecule has 4 rings (SSSR count). The summed E-state index contributed by atoms with van der Waals surface area (Å²) in [6.07, 6.45) is 3.82. The topological polar surface area (TPSA) is 76.6 Å². The number of likely N-dealkylation sites (tertiary alicyclic amines) is 1. The minimum atomic E-state index is -0.105. The number of nitrogens with zero attached hydrogens (tertiary/aromatic N) is 3. The van der Waals surface area contributed by atoms with Crippen molar-refractivity contribution in [1.82, 2.24) is 20.2 Å². The summed E-state index contributed by atoms with van der Waals surface area (Å²) in [6, 6.07) is 8.99. The van der Waals surface area contributed by atoms with E-state index in [0.29, 0.717) is 29.2 Å². The zero-order valence-electron chi connectivity index (χ0n) is 19.8. The Hall–Kier alpha value is -2.55. The molecule has 3 heterocycles. The van der Waals surface area contributed by atoms with E-state index < -0.39 is 0 Å². The fourth-order valence-electron chi connectivity index (χ4n) is 4.45. The van der Waals surface area contributed by atoms with Crippen molar-refractivity contribution in [3.8, 4) is 5.88 Å². The minimum absolute atomic E-state index is 0.105. The normalized spacial score (nSPS) is 16.8. The number of aromatic nitrogens is 2. The van der Waals surface area contributed by atoms with Gasteiger partial charge < -0.3 is 14.8 Å². The molecule has 1 amide bonds. The maximum Gasteiger partial charge on any atom is 0.261 e. The minimum Gasteiger partial charge on any atom is -0.480 e. The van der Waals surface area contributed by atoms with Crippen LogP contribution in [-0.2, 0) is 24.4 Å². The predicted molar refractivity (Wildman–Crippen MR) is 131 cm³/mol. The molecule has 1 saturated heterocycles. The smallest absolute Gasteiger partial charge is 0.261 e. The van der Waals surface area contributed by atoms with E-state index in [-0.39, 0.29) is 12.5 Å². The number of methoxy groups -OCH3 is 2. The third kappa shape index (κ3) is 5.18. The maximum atomic E-state index is 13.1. The largest absolute Gasteiger partial charge is 0.480 e. The second kappa shape index (κ2) is 10.6. The van der Waals surface area contributed by atoms with Crippen molar-refractivity contribution in [1.29, 1.82) is 0 Å². The first-order valence-corrected chi connectivity index (χ1v) is 12.3. The van der Waals surface area contributed by atoms with Crippen LogP contribution in [0.15, 0.2) is 24.3 Å². The summed E-state index contributed by atoms with van der Waals surface area (Å²) in [7, 11) is 3.18. The molecule has 1 fully saturated rings. The Labute approximate surface area is 199 Å². The number of piperidine rings is 1. The fraction of sp³-hybridized carbons (Fsp3) is 0.480. The van der Waals surface area contributed by atoms with Crippen molar-refractivity contribution in [2.75, 3.05) is 20.8 Å². The van der Waals surface area contributed by atoms with Gasteiger partial charge >= 0.3 is 0 Å². The predicted octanol–water partition coefficient (Wildman–Crippen LogP) is 4.46. The van der Waals surface area contributed by atoms with E-state index in [1.165, 1.54) is 36.2 Å². The molecule has 2 aromatic heterocycles. The first-order chi connectivity index (χ1) is 16.0. The standard InChI is InChI=1S/C25H32N4O3S/c1-16-9-7-8-12-29(16)14-19-11-6-5-10-18(19)13-26-23(30)22-17(2)21-24(32-4)27-20(15-31-3)28-25(21)33-22/h5-6,10-11,16H,7-9,12-15H2,1-4H3,(H,26,30). The van der Waals surface area contributed by atoms with Gasteiger partial charge in [0.25, 0.3) is 5.91 Å². The van der Waals surface area contributed by atoms with Gasteiger partial charge in [-0.15, -0.1) is 11.3 Å². The molecule has 176 valence electrons. The Bertz CT molecular complexity index is 1130. The molecule has 1 atom stereocenters. The quantitative estimate of drug-likeness (QED) is 0.526. The molecule has 33 heavy (non-hydrogen) atoms. The average Bonchev–Trinajstić information content (AvgIpc) is 3.16. The van der Waals surface area contributed by atoms with Crippen LogP contribution in [0.2, 0.25) is 0 Å². The Balaban J connectivity index is 1.52. The maximum absolute atomic E-state index is 13.1. The molecule has 1 aliphatic rings. The molecule has 0 radical (unpaired) electrons. The molecular formula is C25H32N4O3S. The zero-order chi connectivity index (χ0) is 23.4. The highest BCUT2D eigenvalue weighted by Gasteiger charge is 2.22. The number of carbonyl (C=O) groups excluding carboxylic acids is 1. The van der Waals surface area contributed by atoms with Gasteiger partial charge in [-0.1, -0.05) is 30.7 Å². The Morgan fingerprint density at radius 3 is 2.73 bits per heavy atom. The van der Waals surface area contributed by atoms with Gasteiger partial charge in [0.15, 0.2) is 5.82 Å². The van der Waals surface area contributed by atoms with Crippen molar-refractivity contribution >= 4 is 27.5 Å². The summed E-state index contributed by atoms with van der Waals surface area (Å²) in [5, 5.41) is 3.91. The highest BCUT2D eigenvalue weighted by Crippen LogP contribution is 2.35. The third-order valence-corrected chi connectivity index (χ3v) is 7.53. The lowest BCUT2D eigenvalue weighted by Crippen LogP contribution is -2.37. The van der Waals surface area contributed by atoms with Gasteiger partial charge in [0.1, 0.15) is 11.4 Å². The second-order valence-electron chi connectivity index (χ2n) is 8.59. The number of benzene rings is 1. The third-order valence-electron chi connectivity index (χ3n) is 6.35. The number of nitrogens with one attached hydrogen (secondary N) is 1. The van der Waals surface area contributed by atoms with E-state index >= 15 is 0 Å². The van der Waals surface area contributed by atoms with E-state index in [0.717, 1.165) is 34.4 Å². The van der Waals surface area contributed by atoms with Crippen LogP contribution in [0.5, 0.6) is 5.88 Å². The van der Waals surface area contributed by atoms with Gasteiger partial charge in [-0.2, -0.15) is 4.98 Å². The number of ether oxygens (including phenoxy) is 2. The number of hydrogen-bond acceptors (Lipinski definition) is 7. The van der Waals surface area contributed by atoms with Crippen molar-refractivity contribution in [3.05, 3.63) is 51.7 Å². The second-order valence-corrected chi connectivity index (χ2v) is 9.58. The van der Waals surface area contributed by atoms with Crippen molar-refractivity contribution < 1.29 is 14.3 Å². The van der Waals surface area contributed by atoms with E-state index in [2.05, 4.69) is 45.3 Å². The lowest BCUT2D eigenvalue weighted by Gasteiger charge is -2.33. The molecule has 0 saturated carbocycles. The SMILES string of the molecule is COCc1nc(OC)c2c(C)c(C(=O)NCc3ccccc3CN3CCCCC3C)sc2n1. The first kappa shape index (κ1) is 23.6. The highest BCUT2D eigenvalue weighted by atomic mass is 32.1. The molecule has 1 aromatic carbocycles. The van der Waals surface area contributed by atoms with Crippen LogP contribution in [0.4, 0.5) is 0 Å². The number of rotatable bonds is 8. The Kier molecular flexibility index (Phi) is 7.57. The van der Waals surface area contributed by atoms with Gasteiger partial charge in [0.05, 0.1) is 17.4 Å². The van der Waals surface area contributed by atoms with Crippen molar-refractivity contribution in [2.24, 2.45) is 0 Å². The fourth-order valence-corrected chi connectivity index (χ4v) is 5.56. The summed E-state index contributed by atoms with van der Waals surface area (Å²) in [4.78, 5) is 26.0. The van der Waals surface area contributed by atoms with Crippen LogP contribution in [0, 0.1) is 6.92 Å². The molecule has 1 aliphatic heterocycles. The van der Waals surface area contributed by atoms with Crippen LogP contribution in [0.3, 0.4) is 0 Å². The van der Waals surface area contributed by atoms with Gasteiger partial charge in [0.2, 0.25) is 5.88 Å². The molecule has 0 spiro atoms. The molecule has 1 N–H and O–H groups in total. The van der Waals surface area contributed by atoms with Crippen molar-refractivity contribution in [3.63, 3.8) is 0 Å². The van der Waals surface area contributed by atoms with Gasteiger partial charge in [-0.3, -0.25) is 9.69 Å². The van der Waals surface area contributed by atoms with Crippen LogP contribution < -0.4 is 10.1 Å². The van der Waals surface area contributed by atoms with Crippen LogP contribution in [0.1, 0.15) is 58.4 Å². The molecule has 1 unspecified atom stereocenters. The molecule has 3 aromatic rings. The average molecular weight is 469 g/mol. The zero-order valence-corrected chi connectivity index (χ0v) is 20.6. The lowest BCUT2D eigenvalue weighted by atomic mass is 10.0. The first-order valence-electron chi connectivity index (χ1n) is 11.4. The monoisotopic (exact) mass is 468 g/mol. The molecular weight excluding hydrogens is 436 g/mol. The molecule has 7 nitrogen and oxygen atoms in total. The van der Waals surface area contributed by atoms with E-state index in [1.54, 1.807) is 14.2 Å². The summed E-state index contributed by atoms with van der Waals surface area (Å²) < 4.78 is 10.6. The number of carbonyl (C=O) groups is 1. The Morgan fingerprint density at radius 1 is 1.21 bits per heavy atom. The van der Waals surface area contributed by atoms with E-state index in [9.17, 15) is 4.79 Å². The van der Waals surface area contributed by atoms with Gasteiger partial charge in [0, 0.05) is 26.2 Å².